The molecule has 5 heteroatoms. The molecule has 0 saturated carbocycles. The van der Waals surface area contributed by atoms with Gasteiger partial charge in [-0.25, -0.2) is 8.42 Å². The average molecular weight is 191 g/mol. The summed E-state index contributed by atoms with van der Waals surface area (Å²) < 4.78 is 22.4. The van der Waals surface area contributed by atoms with E-state index in [0.29, 0.717) is 10.7 Å². The summed E-state index contributed by atoms with van der Waals surface area (Å²) in [6.45, 7) is 0. The zero-order valence-electron chi connectivity index (χ0n) is 5.37. The summed E-state index contributed by atoms with van der Waals surface area (Å²) in [5, 5.41) is 0.475. The number of hydrogen-bond donors (Lipinski definition) is 2. The first-order valence-corrected chi connectivity index (χ1v) is 4.32. The Kier molecular flexibility index (Phi) is 2.73. The molecule has 59 valence electrons. The maximum atomic E-state index is 10.1. The van der Waals surface area contributed by atoms with Crippen molar-refractivity contribution < 1.29 is 8.42 Å². The molecule has 1 N–H and O–H groups in total. The molecule has 0 spiro atoms. The minimum atomic E-state index is -2.63. The highest BCUT2D eigenvalue weighted by molar-refractivity contribution is 7.73. The standard InChI is InChI=1S/C6H5ClNO2S/c7-5-2-1-3-6(4-5)8-11(9)10/h1-2,4,11H,(H,8,9,10). The molecule has 0 atom stereocenters. The van der Waals surface area contributed by atoms with Gasteiger partial charge in [0.25, 0.3) is 0 Å². The van der Waals surface area contributed by atoms with Crippen LogP contribution in [0, 0.1) is 6.07 Å². The number of anilines is 1. The quantitative estimate of drug-likeness (QED) is 0.686. The van der Waals surface area contributed by atoms with E-state index in [1.54, 1.807) is 12.1 Å². The van der Waals surface area contributed by atoms with Crippen molar-refractivity contribution in [2.75, 3.05) is 4.72 Å². The second-order valence-electron chi connectivity index (χ2n) is 1.79. The molecule has 0 bridgehead atoms. The van der Waals surface area contributed by atoms with E-state index >= 15 is 0 Å². The molecule has 1 aromatic carbocycles. The summed E-state index contributed by atoms with van der Waals surface area (Å²) in [6, 6.07) is 7.30. The normalized spacial score (nSPS) is 10.0. The minimum Gasteiger partial charge on any atom is -0.285 e. The first-order valence-electron chi connectivity index (χ1n) is 2.77. The maximum absolute atomic E-state index is 10.1. The molecule has 0 unspecified atom stereocenters. The Hall–Kier alpha value is -0.740. The zero-order chi connectivity index (χ0) is 8.27. The lowest BCUT2D eigenvalue weighted by molar-refractivity contribution is 0.619. The number of hydrogen-bond acceptors (Lipinski definition) is 2. The van der Waals surface area contributed by atoms with Gasteiger partial charge in [-0.15, -0.1) is 0 Å². The third kappa shape index (κ3) is 2.78. The average Bonchev–Trinajstić information content (AvgIpc) is 1.85. The summed E-state index contributed by atoms with van der Waals surface area (Å²) in [5.74, 6) is 0. The highest BCUT2D eigenvalue weighted by atomic mass is 35.5. The lowest BCUT2D eigenvalue weighted by atomic mass is 10.3. The van der Waals surface area contributed by atoms with E-state index in [1.807, 2.05) is 0 Å². The minimum absolute atomic E-state index is 0.355. The van der Waals surface area contributed by atoms with Crippen molar-refractivity contribution in [3.05, 3.63) is 29.3 Å². The molecule has 0 amide bonds. The summed E-state index contributed by atoms with van der Waals surface area (Å²) in [6.07, 6.45) is 0. The van der Waals surface area contributed by atoms with Crippen molar-refractivity contribution in [2.24, 2.45) is 0 Å². The third-order valence-electron chi connectivity index (χ3n) is 0.975. The molecule has 0 saturated heterocycles. The second kappa shape index (κ2) is 3.59. The van der Waals surface area contributed by atoms with Gasteiger partial charge in [0.05, 0.1) is 5.69 Å². The number of rotatable bonds is 2. The summed E-state index contributed by atoms with van der Waals surface area (Å²) in [4.78, 5) is 0. The van der Waals surface area contributed by atoms with Crippen molar-refractivity contribution in [3.8, 4) is 0 Å². The second-order valence-corrected chi connectivity index (χ2v) is 2.96. The van der Waals surface area contributed by atoms with Crippen LogP contribution in [0.15, 0.2) is 18.2 Å². The first kappa shape index (κ1) is 8.36. The van der Waals surface area contributed by atoms with Crippen LogP contribution in [0.2, 0.25) is 5.02 Å². The molecule has 1 radical (unpaired) electrons. The smallest absolute Gasteiger partial charge is 0.222 e. The van der Waals surface area contributed by atoms with Crippen LogP contribution in [0.1, 0.15) is 0 Å². The fraction of sp³-hybridized carbons (Fsp3) is 0. The highest BCUT2D eigenvalue weighted by Crippen LogP contribution is 2.13. The van der Waals surface area contributed by atoms with E-state index in [4.69, 9.17) is 11.6 Å². The zero-order valence-corrected chi connectivity index (χ0v) is 7.02. The number of benzene rings is 1. The monoisotopic (exact) mass is 190 g/mol. The summed E-state index contributed by atoms with van der Waals surface area (Å²) in [5.41, 5.74) is 0.355. The van der Waals surface area contributed by atoms with Crippen LogP contribution in [-0.4, -0.2) is 8.42 Å². The van der Waals surface area contributed by atoms with Gasteiger partial charge in [0.15, 0.2) is 0 Å². The molecular weight excluding hydrogens is 186 g/mol. The van der Waals surface area contributed by atoms with Gasteiger partial charge in [-0.1, -0.05) is 17.7 Å². The topological polar surface area (TPSA) is 46.2 Å². The highest BCUT2D eigenvalue weighted by Gasteiger charge is 1.92. The molecule has 0 aromatic heterocycles. The van der Waals surface area contributed by atoms with Crippen molar-refractivity contribution in [1.82, 2.24) is 0 Å². The number of thiol groups is 1. The van der Waals surface area contributed by atoms with E-state index in [-0.39, 0.29) is 0 Å². The molecule has 0 aliphatic heterocycles. The SMILES string of the molecule is O=[SH](=O)Nc1[c]ccc(Cl)c1. The van der Waals surface area contributed by atoms with Gasteiger partial charge >= 0.3 is 0 Å². The van der Waals surface area contributed by atoms with Gasteiger partial charge in [0.1, 0.15) is 0 Å². The van der Waals surface area contributed by atoms with E-state index in [1.165, 1.54) is 6.07 Å². The van der Waals surface area contributed by atoms with E-state index in [2.05, 4.69) is 10.8 Å². The summed E-state index contributed by atoms with van der Waals surface area (Å²) in [7, 11) is -2.63. The van der Waals surface area contributed by atoms with Gasteiger partial charge in [-0.05, 0) is 12.1 Å². The van der Waals surface area contributed by atoms with E-state index in [9.17, 15) is 8.42 Å². The van der Waals surface area contributed by atoms with Gasteiger partial charge < -0.3 is 0 Å². The Morgan fingerprint density at radius 1 is 1.55 bits per heavy atom. The molecule has 0 aliphatic carbocycles. The molecule has 0 heterocycles. The lowest BCUT2D eigenvalue weighted by Gasteiger charge is -1.96. The van der Waals surface area contributed by atoms with Gasteiger partial charge in [-0.3, -0.25) is 4.72 Å². The Labute approximate surface area is 71.1 Å². The first-order chi connectivity index (χ1) is 5.18. The Bertz CT molecular complexity index is 316. The third-order valence-corrected chi connectivity index (χ3v) is 1.63. The van der Waals surface area contributed by atoms with Crippen molar-refractivity contribution in [3.63, 3.8) is 0 Å². The van der Waals surface area contributed by atoms with Crippen LogP contribution >= 0.6 is 11.6 Å². The van der Waals surface area contributed by atoms with Gasteiger partial charge in [-0.2, -0.15) is 0 Å². The molecule has 3 nitrogen and oxygen atoms in total. The molecular formula is C6H5ClNO2S. The Balaban J connectivity index is 2.87. The van der Waals surface area contributed by atoms with Crippen LogP contribution < -0.4 is 4.72 Å². The van der Waals surface area contributed by atoms with Gasteiger partial charge in [0, 0.05) is 11.1 Å². The lowest BCUT2D eigenvalue weighted by Crippen LogP contribution is -1.93. The molecule has 11 heavy (non-hydrogen) atoms. The fourth-order valence-corrected chi connectivity index (χ4v) is 1.10. The maximum Gasteiger partial charge on any atom is 0.222 e. The molecule has 1 aromatic rings. The Morgan fingerprint density at radius 3 is 2.82 bits per heavy atom. The fourth-order valence-electron chi connectivity index (χ4n) is 0.602. The van der Waals surface area contributed by atoms with Crippen molar-refractivity contribution >= 4 is 28.2 Å². The Morgan fingerprint density at radius 2 is 2.27 bits per heavy atom. The van der Waals surface area contributed by atoms with Crippen molar-refractivity contribution in [2.45, 2.75) is 0 Å². The van der Waals surface area contributed by atoms with Crippen LogP contribution in [0.5, 0.6) is 0 Å². The largest absolute Gasteiger partial charge is 0.285 e. The van der Waals surface area contributed by atoms with Crippen molar-refractivity contribution in [1.29, 1.82) is 0 Å². The predicted molar refractivity (Wildman–Crippen MR) is 44.2 cm³/mol. The number of halogens is 1. The van der Waals surface area contributed by atoms with E-state index in [0.717, 1.165) is 0 Å². The van der Waals surface area contributed by atoms with Gasteiger partial charge in [0.2, 0.25) is 10.9 Å². The predicted octanol–water partition coefficient (Wildman–Crippen LogP) is 1.08. The van der Waals surface area contributed by atoms with Crippen LogP contribution in [0.4, 0.5) is 5.69 Å². The molecule has 0 aliphatic rings. The number of nitrogens with one attached hydrogen (secondary N) is 1. The molecule has 0 fully saturated rings. The molecule has 1 rings (SSSR count). The summed E-state index contributed by atoms with van der Waals surface area (Å²) >= 11 is 5.57. The van der Waals surface area contributed by atoms with Crippen LogP contribution in [-0.2, 0) is 10.9 Å². The van der Waals surface area contributed by atoms with E-state index < -0.39 is 10.9 Å². The van der Waals surface area contributed by atoms with Crippen LogP contribution in [0.25, 0.3) is 0 Å². The van der Waals surface area contributed by atoms with Crippen LogP contribution in [0.3, 0.4) is 0 Å².